The van der Waals surface area contributed by atoms with E-state index in [1.807, 2.05) is 0 Å². The molecule has 17 nitrogen and oxygen atoms in total. The van der Waals surface area contributed by atoms with Gasteiger partial charge in [-0.05, 0) is 25.7 Å². The van der Waals surface area contributed by atoms with E-state index in [4.69, 9.17) is 18.9 Å². The zero-order chi connectivity index (χ0) is 53.6. The molecule has 420 valence electrons. The Kier molecular flexibility index (Phi) is 46.3. The van der Waals surface area contributed by atoms with Gasteiger partial charge in [0, 0.05) is 89.3 Å². The molecule has 4 atom stereocenters. The third-order valence-electron chi connectivity index (χ3n) is 11.7. The van der Waals surface area contributed by atoms with E-state index in [0.717, 1.165) is 126 Å². The molecule has 0 aromatic carbocycles. The molecule has 0 aliphatic rings. The van der Waals surface area contributed by atoms with E-state index in [9.17, 15) is 54.0 Å². The molecule has 0 fully saturated rings. The SMILES string of the molecule is CCCCCCCC(=O)OCC(O)CN(CCSC(=O)CCC(=O)C(=O)SCCN(CC(O)COC(=O)CCCCCCC)CC(O)COC(=O)CCCCCCC)CC(O)COC(=O)CCCCCCC. The van der Waals surface area contributed by atoms with Crippen LogP contribution >= 0.6 is 23.5 Å². The van der Waals surface area contributed by atoms with Gasteiger partial charge in [-0.2, -0.15) is 0 Å². The quantitative estimate of drug-likeness (QED) is 0.0199. The number of thioether (sulfide) groups is 2. The van der Waals surface area contributed by atoms with Crippen molar-refractivity contribution >= 4 is 63.4 Å². The molecule has 19 heteroatoms. The van der Waals surface area contributed by atoms with Crippen LogP contribution in [0.1, 0.15) is 195 Å². The van der Waals surface area contributed by atoms with Crippen LogP contribution in [0.3, 0.4) is 0 Å². The number of hydrogen-bond donors (Lipinski definition) is 4. The first-order chi connectivity index (χ1) is 34.6. The van der Waals surface area contributed by atoms with E-state index in [0.29, 0.717) is 25.7 Å². The Labute approximate surface area is 440 Å². The summed E-state index contributed by atoms with van der Waals surface area (Å²) in [6.07, 6.45) is 15.4. The predicted octanol–water partition coefficient (Wildman–Crippen LogP) is 7.52. The Morgan fingerprint density at radius 2 is 0.653 bits per heavy atom. The number of ether oxygens (including phenoxy) is 4. The number of rotatable bonds is 50. The standard InChI is InChI=1S/C53H96N2O15S2/c1-5-9-13-17-21-25-48(61)67-39-43(56)35-54(36-44(57)40-68-49(62)26-22-18-14-10-6-2)31-33-71-52(65)30-29-47(60)53(66)72-34-32-55(37-45(58)41-69-50(63)27-23-19-15-11-7-3)38-46(59)42-70-51(64)28-24-20-16-12-8-4/h43-46,56-59H,5-42H2,1-4H3. The highest BCUT2D eigenvalue weighted by Gasteiger charge is 2.23. The minimum absolute atomic E-state index is 0.0000594. The van der Waals surface area contributed by atoms with E-state index in [1.54, 1.807) is 9.80 Å². The summed E-state index contributed by atoms with van der Waals surface area (Å²) in [4.78, 5) is 90.9. The van der Waals surface area contributed by atoms with Gasteiger partial charge in [-0.1, -0.05) is 154 Å². The molecule has 0 heterocycles. The van der Waals surface area contributed by atoms with Gasteiger partial charge in [0.2, 0.25) is 5.78 Å². The highest BCUT2D eigenvalue weighted by atomic mass is 32.2. The van der Waals surface area contributed by atoms with Gasteiger partial charge in [0.25, 0.3) is 5.12 Å². The van der Waals surface area contributed by atoms with Crippen molar-refractivity contribution in [3.63, 3.8) is 0 Å². The van der Waals surface area contributed by atoms with Crippen molar-refractivity contribution < 1.29 is 72.9 Å². The lowest BCUT2D eigenvalue weighted by molar-refractivity contribution is -0.148. The van der Waals surface area contributed by atoms with Crippen LogP contribution in [0.15, 0.2) is 0 Å². The molecule has 0 saturated heterocycles. The third-order valence-corrected chi connectivity index (χ3v) is 13.4. The first-order valence-corrected chi connectivity index (χ1v) is 29.3. The highest BCUT2D eigenvalue weighted by Crippen LogP contribution is 2.15. The molecule has 4 unspecified atom stereocenters. The molecular formula is C53H96N2O15S2. The molecule has 0 amide bonds. The summed E-state index contributed by atoms with van der Waals surface area (Å²) in [5, 5.41) is 41.9. The number of nitrogens with zero attached hydrogens (tertiary/aromatic N) is 2. The summed E-state index contributed by atoms with van der Waals surface area (Å²) in [7, 11) is 0. The number of aliphatic hydroxyl groups excluding tert-OH is 4. The van der Waals surface area contributed by atoms with E-state index in [-0.39, 0.29) is 121 Å². The molecule has 0 aliphatic heterocycles. The molecule has 0 aromatic rings. The first kappa shape index (κ1) is 69.3. The number of aliphatic hydroxyl groups is 4. The fourth-order valence-electron chi connectivity index (χ4n) is 7.48. The van der Waals surface area contributed by atoms with Gasteiger partial charge in [0.15, 0.2) is 5.12 Å². The van der Waals surface area contributed by atoms with Gasteiger partial charge in [-0.3, -0.25) is 43.4 Å². The van der Waals surface area contributed by atoms with Gasteiger partial charge in [-0.25, -0.2) is 0 Å². The summed E-state index contributed by atoms with van der Waals surface area (Å²) in [5.41, 5.74) is 0. The van der Waals surface area contributed by atoms with Gasteiger partial charge in [-0.15, -0.1) is 0 Å². The second kappa shape index (κ2) is 48.0. The van der Waals surface area contributed by atoms with Crippen LogP contribution in [0.25, 0.3) is 0 Å². The number of unbranched alkanes of at least 4 members (excludes halogenated alkanes) is 16. The number of carbonyl (C=O) groups is 7. The lowest BCUT2D eigenvalue weighted by Crippen LogP contribution is -2.42. The normalized spacial score (nSPS) is 13.1. The summed E-state index contributed by atoms with van der Waals surface area (Å²) >= 11 is 1.68. The molecule has 0 rings (SSSR count). The van der Waals surface area contributed by atoms with Crippen molar-refractivity contribution in [1.29, 1.82) is 0 Å². The summed E-state index contributed by atoms with van der Waals surface area (Å²) in [6, 6.07) is 0. The van der Waals surface area contributed by atoms with Crippen molar-refractivity contribution in [2.24, 2.45) is 0 Å². The lowest BCUT2D eigenvalue weighted by Gasteiger charge is -2.27. The minimum atomic E-state index is -1.11. The van der Waals surface area contributed by atoms with Crippen LogP contribution < -0.4 is 0 Å². The number of hydrogen-bond acceptors (Lipinski definition) is 19. The van der Waals surface area contributed by atoms with Crippen LogP contribution in [-0.4, -0.2) is 172 Å². The van der Waals surface area contributed by atoms with Crippen LogP contribution in [0.5, 0.6) is 0 Å². The maximum atomic E-state index is 12.9. The van der Waals surface area contributed by atoms with Crippen LogP contribution in [-0.2, 0) is 52.5 Å². The summed E-state index contributed by atoms with van der Waals surface area (Å²) < 4.78 is 21.1. The van der Waals surface area contributed by atoms with Crippen molar-refractivity contribution in [3.8, 4) is 0 Å². The van der Waals surface area contributed by atoms with Gasteiger partial charge in [0.1, 0.15) is 50.8 Å². The lowest BCUT2D eigenvalue weighted by atomic mass is 10.1. The largest absolute Gasteiger partial charge is 0.463 e. The topological polar surface area (TPSA) is 244 Å². The van der Waals surface area contributed by atoms with E-state index >= 15 is 0 Å². The molecule has 4 N–H and O–H groups in total. The monoisotopic (exact) mass is 1060 g/mol. The van der Waals surface area contributed by atoms with Crippen LogP contribution in [0.4, 0.5) is 0 Å². The summed E-state index contributed by atoms with van der Waals surface area (Å²) in [5.74, 6) is -2.07. The Morgan fingerprint density at radius 1 is 0.375 bits per heavy atom. The van der Waals surface area contributed by atoms with Crippen molar-refractivity contribution in [2.45, 2.75) is 219 Å². The molecule has 0 aliphatic carbocycles. The second-order valence-corrected chi connectivity index (χ2v) is 21.0. The fourth-order valence-corrected chi connectivity index (χ4v) is 9.10. The van der Waals surface area contributed by atoms with Crippen LogP contribution in [0, 0.1) is 0 Å². The van der Waals surface area contributed by atoms with Gasteiger partial charge >= 0.3 is 23.9 Å². The molecule has 0 aromatic heterocycles. The van der Waals surface area contributed by atoms with Crippen molar-refractivity contribution in [1.82, 2.24) is 9.80 Å². The van der Waals surface area contributed by atoms with E-state index in [2.05, 4.69) is 27.7 Å². The Balaban J connectivity index is 5.22. The van der Waals surface area contributed by atoms with Crippen LogP contribution in [0.2, 0.25) is 0 Å². The van der Waals surface area contributed by atoms with Crippen molar-refractivity contribution in [2.75, 3.05) is 77.2 Å². The Bertz CT molecular complexity index is 1370. The average Bonchev–Trinajstić information content (AvgIpc) is 3.35. The molecule has 0 saturated carbocycles. The Morgan fingerprint density at radius 3 is 0.944 bits per heavy atom. The predicted molar refractivity (Wildman–Crippen MR) is 283 cm³/mol. The number of esters is 4. The molecule has 72 heavy (non-hydrogen) atoms. The molecule has 0 bridgehead atoms. The maximum absolute atomic E-state index is 12.9. The smallest absolute Gasteiger partial charge is 0.305 e. The minimum Gasteiger partial charge on any atom is -0.463 e. The third kappa shape index (κ3) is 43.7. The highest BCUT2D eigenvalue weighted by molar-refractivity contribution is 8.15. The Hall–Kier alpha value is -2.65. The number of Topliss-reactive ketones (excluding diaryl/α,β-unsaturated/α-hetero) is 1. The zero-order valence-electron chi connectivity index (χ0n) is 44.7. The summed E-state index contributed by atoms with van der Waals surface area (Å²) in [6.45, 7) is 7.71. The zero-order valence-corrected chi connectivity index (χ0v) is 46.3. The number of carbonyl (C=O) groups excluding carboxylic acids is 7. The van der Waals surface area contributed by atoms with Crippen molar-refractivity contribution in [3.05, 3.63) is 0 Å². The molecule has 0 radical (unpaired) electrons. The maximum Gasteiger partial charge on any atom is 0.305 e. The van der Waals surface area contributed by atoms with E-state index < -0.39 is 59.2 Å². The molecule has 0 spiro atoms. The fraction of sp³-hybridized carbons (Fsp3) is 0.868. The number of ketones is 1. The molecular weight excluding hydrogens is 969 g/mol. The van der Waals surface area contributed by atoms with Gasteiger partial charge in [0.05, 0.1) is 0 Å². The second-order valence-electron chi connectivity index (χ2n) is 18.8. The van der Waals surface area contributed by atoms with Gasteiger partial charge < -0.3 is 39.4 Å². The van der Waals surface area contributed by atoms with E-state index in [1.165, 1.54) is 0 Å². The average molecular weight is 1070 g/mol. The first-order valence-electron chi connectivity index (χ1n) is 27.3.